The van der Waals surface area contributed by atoms with Crippen molar-refractivity contribution in [3.63, 3.8) is 0 Å². The Labute approximate surface area is 178 Å². The second-order valence-electron chi connectivity index (χ2n) is 8.84. The lowest BCUT2D eigenvalue weighted by Gasteiger charge is -2.31. The first-order valence-electron chi connectivity index (χ1n) is 10.1. The smallest absolute Gasteiger partial charge is 0.253 e. The molecule has 2 aromatic rings. The highest BCUT2D eigenvalue weighted by Crippen LogP contribution is 2.25. The van der Waals surface area contributed by atoms with Crippen molar-refractivity contribution in [1.82, 2.24) is 4.90 Å². The van der Waals surface area contributed by atoms with Gasteiger partial charge in [0, 0.05) is 35.3 Å². The number of piperidine rings is 1. The molecule has 0 atom stereocenters. The molecular weight excluding hydrogens is 384 g/mol. The molecule has 1 aliphatic heterocycles. The van der Waals surface area contributed by atoms with Gasteiger partial charge in [0.15, 0.2) is 0 Å². The Hall–Kier alpha value is -2.33. The first-order valence-corrected chi connectivity index (χ1v) is 10.5. The molecule has 1 heterocycles. The van der Waals surface area contributed by atoms with Crippen molar-refractivity contribution in [3.8, 4) is 0 Å². The molecule has 1 aliphatic rings. The van der Waals surface area contributed by atoms with E-state index in [2.05, 4.69) is 26.1 Å². The number of anilines is 1. The van der Waals surface area contributed by atoms with Crippen LogP contribution in [-0.4, -0.2) is 29.8 Å². The molecule has 0 bridgehead atoms. The van der Waals surface area contributed by atoms with Gasteiger partial charge in [0.1, 0.15) is 0 Å². The van der Waals surface area contributed by atoms with Crippen LogP contribution < -0.4 is 5.32 Å². The summed E-state index contributed by atoms with van der Waals surface area (Å²) < 4.78 is 0. The number of nitrogens with zero attached hydrogens (tertiary/aromatic N) is 1. The van der Waals surface area contributed by atoms with Crippen molar-refractivity contribution >= 4 is 29.1 Å². The van der Waals surface area contributed by atoms with Gasteiger partial charge in [-0.05, 0) is 66.6 Å². The van der Waals surface area contributed by atoms with Gasteiger partial charge in [-0.1, -0.05) is 44.5 Å². The van der Waals surface area contributed by atoms with E-state index in [0.717, 1.165) is 11.3 Å². The molecule has 0 unspecified atom stereocenters. The maximum absolute atomic E-state index is 12.8. The number of amides is 2. The highest BCUT2D eigenvalue weighted by atomic mass is 35.5. The van der Waals surface area contributed by atoms with E-state index in [1.165, 1.54) is 5.56 Å². The minimum atomic E-state index is -0.0857. The van der Waals surface area contributed by atoms with Crippen LogP contribution in [0.2, 0.25) is 5.02 Å². The van der Waals surface area contributed by atoms with Crippen molar-refractivity contribution in [1.29, 1.82) is 0 Å². The predicted octanol–water partition coefficient (Wildman–Crippen LogP) is 5.44. The van der Waals surface area contributed by atoms with E-state index in [4.69, 9.17) is 11.6 Å². The number of likely N-dealkylation sites (tertiary alicyclic amines) is 1. The summed E-state index contributed by atoms with van der Waals surface area (Å²) in [6.45, 7) is 9.59. The summed E-state index contributed by atoms with van der Waals surface area (Å²) in [5, 5.41) is 3.66. The van der Waals surface area contributed by atoms with Crippen LogP contribution in [0, 0.1) is 12.8 Å². The zero-order valence-corrected chi connectivity index (χ0v) is 18.3. The lowest BCUT2D eigenvalue weighted by atomic mass is 9.86. The van der Waals surface area contributed by atoms with E-state index in [1.54, 1.807) is 6.07 Å². The molecule has 0 aromatic heterocycles. The summed E-state index contributed by atoms with van der Waals surface area (Å²) in [5.74, 6) is -0.0349. The van der Waals surface area contributed by atoms with Crippen molar-refractivity contribution in [2.45, 2.75) is 46.0 Å². The van der Waals surface area contributed by atoms with E-state index in [-0.39, 0.29) is 23.1 Å². The fraction of sp³-hybridized carbons (Fsp3) is 0.417. The van der Waals surface area contributed by atoms with Crippen LogP contribution in [0.5, 0.6) is 0 Å². The topological polar surface area (TPSA) is 49.4 Å². The molecule has 1 N–H and O–H groups in total. The van der Waals surface area contributed by atoms with Crippen molar-refractivity contribution in [2.24, 2.45) is 5.92 Å². The third-order valence-corrected chi connectivity index (χ3v) is 5.83. The molecule has 0 saturated carbocycles. The Morgan fingerprint density at radius 3 is 2.21 bits per heavy atom. The number of benzene rings is 2. The van der Waals surface area contributed by atoms with Gasteiger partial charge >= 0.3 is 0 Å². The molecule has 4 nitrogen and oxygen atoms in total. The first kappa shape index (κ1) is 21.4. The largest absolute Gasteiger partial charge is 0.339 e. The Balaban J connectivity index is 1.57. The predicted molar refractivity (Wildman–Crippen MR) is 119 cm³/mol. The van der Waals surface area contributed by atoms with Crippen LogP contribution in [0.1, 0.15) is 55.1 Å². The average Bonchev–Trinajstić information content (AvgIpc) is 2.69. The van der Waals surface area contributed by atoms with Crippen LogP contribution >= 0.6 is 11.6 Å². The summed E-state index contributed by atoms with van der Waals surface area (Å²) in [6.07, 6.45) is 1.34. The number of aryl methyl sites for hydroxylation is 1. The van der Waals surface area contributed by atoms with Gasteiger partial charge in [-0.2, -0.15) is 0 Å². The molecule has 5 heteroatoms. The molecule has 1 saturated heterocycles. The lowest BCUT2D eigenvalue weighted by Crippen LogP contribution is -2.41. The van der Waals surface area contributed by atoms with Gasteiger partial charge in [-0.25, -0.2) is 0 Å². The van der Waals surface area contributed by atoms with Gasteiger partial charge < -0.3 is 10.2 Å². The molecular formula is C24H29ClN2O2. The summed E-state index contributed by atoms with van der Waals surface area (Å²) in [5.41, 5.74) is 3.71. The lowest BCUT2D eigenvalue weighted by molar-refractivity contribution is -0.121. The maximum atomic E-state index is 12.8. The first-order chi connectivity index (χ1) is 13.6. The standard InChI is InChI=1S/C24H29ClN2O2/c1-16-15-20(25)9-10-21(16)26-22(28)17-11-13-27(14-12-17)23(29)18-5-7-19(8-6-18)24(2,3)4/h5-10,15,17H,11-14H2,1-4H3,(H,26,28). The second-order valence-corrected chi connectivity index (χ2v) is 9.28. The highest BCUT2D eigenvalue weighted by molar-refractivity contribution is 6.30. The minimum Gasteiger partial charge on any atom is -0.339 e. The van der Waals surface area contributed by atoms with Crippen molar-refractivity contribution in [3.05, 3.63) is 64.2 Å². The molecule has 2 amide bonds. The number of rotatable bonds is 3. The third kappa shape index (κ3) is 5.18. The average molecular weight is 413 g/mol. The van der Waals surface area contributed by atoms with Gasteiger partial charge in [0.05, 0.1) is 0 Å². The Morgan fingerprint density at radius 2 is 1.66 bits per heavy atom. The molecule has 154 valence electrons. The van der Waals surface area contributed by atoms with Crippen LogP contribution in [0.4, 0.5) is 5.69 Å². The Bertz CT molecular complexity index is 892. The fourth-order valence-corrected chi connectivity index (χ4v) is 3.87. The number of nitrogens with one attached hydrogen (secondary N) is 1. The zero-order valence-electron chi connectivity index (χ0n) is 17.6. The van der Waals surface area contributed by atoms with E-state index >= 15 is 0 Å². The Kier molecular flexibility index (Phi) is 6.33. The van der Waals surface area contributed by atoms with Gasteiger partial charge in [0.2, 0.25) is 5.91 Å². The molecule has 0 spiro atoms. The molecule has 2 aromatic carbocycles. The second kappa shape index (κ2) is 8.58. The van der Waals surface area contributed by atoms with Crippen LogP contribution in [0.15, 0.2) is 42.5 Å². The third-order valence-electron chi connectivity index (χ3n) is 5.60. The van der Waals surface area contributed by atoms with Crippen LogP contribution in [-0.2, 0) is 10.2 Å². The van der Waals surface area contributed by atoms with E-state index in [0.29, 0.717) is 36.5 Å². The number of halogens is 1. The summed E-state index contributed by atoms with van der Waals surface area (Å²) in [4.78, 5) is 27.3. The molecule has 0 radical (unpaired) electrons. The van der Waals surface area contributed by atoms with Crippen molar-refractivity contribution in [2.75, 3.05) is 18.4 Å². The monoisotopic (exact) mass is 412 g/mol. The highest BCUT2D eigenvalue weighted by Gasteiger charge is 2.28. The minimum absolute atomic E-state index is 0.0112. The van der Waals surface area contributed by atoms with Crippen LogP contribution in [0.3, 0.4) is 0 Å². The molecule has 0 aliphatic carbocycles. The Morgan fingerprint density at radius 1 is 1.03 bits per heavy atom. The summed E-state index contributed by atoms with van der Waals surface area (Å²) >= 11 is 5.98. The number of hydrogen-bond donors (Lipinski definition) is 1. The van der Waals surface area contributed by atoms with E-state index < -0.39 is 0 Å². The molecule has 29 heavy (non-hydrogen) atoms. The zero-order chi connectivity index (χ0) is 21.2. The molecule has 3 rings (SSSR count). The SMILES string of the molecule is Cc1cc(Cl)ccc1NC(=O)C1CCN(C(=O)c2ccc(C(C)(C)C)cc2)CC1. The quantitative estimate of drug-likeness (QED) is 0.729. The summed E-state index contributed by atoms with van der Waals surface area (Å²) in [6, 6.07) is 13.3. The van der Waals surface area contributed by atoms with Gasteiger partial charge in [-0.15, -0.1) is 0 Å². The normalized spacial score (nSPS) is 15.3. The van der Waals surface area contributed by atoms with Crippen LogP contribution in [0.25, 0.3) is 0 Å². The van der Waals surface area contributed by atoms with E-state index in [1.807, 2.05) is 48.2 Å². The van der Waals surface area contributed by atoms with E-state index in [9.17, 15) is 9.59 Å². The summed E-state index contributed by atoms with van der Waals surface area (Å²) in [7, 11) is 0. The van der Waals surface area contributed by atoms with Gasteiger partial charge in [-0.3, -0.25) is 9.59 Å². The number of carbonyl (C=O) groups is 2. The number of carbonyl (C=O) groups excluding carboxylic acids is 2. The fourth-order valence-electron chi connectivity index (χ4n) is 3.64. The van der Waals surface area contributed by atoms with Gasteiger partial charge in [0.25, 0.3) is 5.91 Å². The number of hydrogen-bond acceptors (Lipinski definition) is 2. The van der Waals surface area contributed by atoms with Crippen molar-refractivity contribution < 1.29 is 9.59 Å². The molecule has 1 fully saturated rings. The maximum Gasteiger partial charge on any atom is 0.253 e.